The van der Waals surface area contributed by atoms with Gasteiger partial charge >= 0.3 is 18.9 Å². The Morgan fingerprint density at radius 3 is 1.13 bits per heavy atom. The molecule has 0 N–H and O–H groups in total. The molecule has 0 saturated carbocycles. The molecule has 23 heavy (non-hydrogen) atoms. The van der Waals surface area contributed by atoms with Crippen molar-refractivity contribution in [3.63, 3.8) is 0 Å². The Labute approximate surface area is 152 Å². The first-order chi connectivity index (χ1) is 10.9. The maximum absolute atomic E-state index is 4.18. The Hall–Kier alpha value is -1.53. The van der Waals surface area contributed by atoms with Crippen molar-refractivity contribution in [1.82, 2.24) is 0 Å². The Kier molecular flexibility index (Phi) is 6.48. The van der Waals surface area contributed by atoms with Gasteiger partial charge in [0.1, 0.15) is 8.07 Å². The molecule has 0 aromatic heterocycles. The molecule has 0 heterocycles. The van der Waals surface area contributed by atoms with Crippen LogP contribution in [0.5, 0.6) is 0 Å². The van der Waals surface area contributed by atoms with Crippen molar-refractivity contribution in [3.8, 4) is 0 Å². The maximum atomic E-state index is 4.18. The first-order valence-corrected chi connectivity index (χ1v) is 10.0. The Bertz CT molecular complexity index is 599. The third-order valence-corrected chi connectivity index (χ3v) is 9.41. The van der Waals surface area contributed by atoms with Crippen LogP contribution in [0.4, 0.5) is 0 Å². The molecular weight excluding hydrogens is 287 g/mol. The average molecular weight is 308 g/mol. The van der Waals surface area contributed by atoms with Gasteiger partial charge in [0.2, 0.25) is 0 Å². The fourth-order valence-electron chi connectivity index (χ4n) is 3.37. The van der Waals surface area contributed by atoms with Gasteiger partial charge in [-0.05, 0) is 15.6 Å². The molecule has 3 rings (SSSR count). The molecule has 2 heteroatoms. The third kappa shape index (κ3) is 3.53. The molecule has 0 amide bonds. The minimum absolute atomic E-state index is 0. The number of benzene rings is 3. The largest absolute Gasteiger partial charge is 1.00 e. The molecule has 110 valence electrons. The minimum Gasteiger partial charge on any atom is -0.344 e. The monoisotopic (exact) mass is 308 g/mol. The summed E-state index contributed by atoms with van der Waals surface area (Å²) in [7, 11) is -1.99. The zero-order valence-electron chi connectivity index (χ0n) is 13.8. The van der Waals surface area contributed by atoms with Gasteiger partial charge in [-0.2, -0.15) is 6.42 Å². The van der Waals surface area contributed by atoms with Crippen LogP contribution in [0.15, 0.2) is 91.0 Å². The van der Waals surface area contributed by atoms with E-state index in [1.165, 1.54) is 15.6 Å². The summed E-state index contributed by atoms with van der Waals surface area (Å²) in [5, 5.41) is 4.41. The van der Waals surface area contributed by atoms with Crippen LogP contribution in [0.25, 0.3) is 0 Å². The van der Waals surface area contributed by atoms with E-state index < -0.39 is 8.07 Å². The van der Waals surface area contributed by atoms with Gasteiger partial charge in [-0.25, -0.2) is 0 Å². The van der Waals surface area contributed by atoms with Crippen LogP contribution in [0, 0.1) is 6.92 Å². The first kappa shape index (κ1) is 17.8. The second kappa shape index (κ2) is 8.36. The molecule has 0 bridgehead atoms. The van der Waals surface area contributed by atoms with Crippen LogP contribution in [-0.4, -0.2) is 8.07 Å². The summed E-state index contributed by atoms with van der Waals surface area (Å²) < 4.78 is 0. The number of hydrogen-bond acceptors (Lipinski definition) is 0. The molecule has 0 radical (unpaired) electrons. The second-order valence-electron chi connectivity index (χ2n) is 5.61. The zero-order valence-corrected chi connectivity index (χ0v) is 14.8. The fourth-order valence-corrected chi connectivity index (χ4v) is 8.05. The predicted molar refractivity (Wildman–Crippen MR) is 98.8 cm³/mol. The summed E-state index contributed by atoms with van der Waals surface area (Å²) in [6.07, 6.45) is 0.949. The summed E-state index contributed by atoms with van der Waals surface area (Å²) >= 11 is 0. The Balaban J connectivity index is 0.00000192. The molecular formula is C21H21LiSi. The zero-order chi connectivity index (χ0) is 15.3. The Morgan fingerprint density at radius 2 is 0.870 bits per heavy atom. The van der Waals surface area contributed by atoms with E-state index in [0.717, 1.165) is 12.5 Å². The van der Waals surface area contributed by atoms with E-state index in [4.69, 9.17) is 0 Å². The molecule has 0 atom stereocenters. The molecule has 3 aromatic carbocycles. The van der Waals surface area contributed by atoms with Crippen LogP contribution in [0.2, 0.25) is 6.04 Å². The van der Waals surface area contributed by atoms with Crippen molar-refractivity contribution in [2.24, 2.45) is 0 Å². The second-order valence-corrected chi connectivity index (χ2v) is 9.65. The van der Waals surface area contributed by atoms with E-state index in [9.17, 15) is 0 Å². The molecule has 0 nitrogen and oxygen atoms in total. The average Bonchev–Trinajstić information content (AvgIpc) is 2.62. The van der Waals surface area contributed by atoms with Crippen LogP contribution < -0.4 is 34.4 Å². The molecule has 0 aliphatic heterocycles. The number of hydrogen-bond donors (Lipinski definition) is 0. The molecule has 0 aliphatic rings. The van der Waals surface area contributed by atoms with Gasteiger partial charge in [0.05, 0.1) is 0 Å². The summed E-state index contributed by atoms with van der Waals surface area (Å²) in [5.74, 6) is 0. The quantitative estimate of drug-likeness (QED) is 0.363. The van der Waals surface area contributed by atoms with Gasteiger partial charge in [0, 0.05) is 0 Å². The predicted octanol–water partition coefficient (Wildman–Crippen LogP) is 0.385. The van der Waals surface area contributed by atoms with E-state index in [2.05, 4.69) is 97.9 Å². The van der Waals surface area contributed by atoms with Gasteiger partial charge < -0.3 is 6.92 Å². The van der Waals surface area contributed by atoms with Gasteiger partial charge in [0.15, 0.2) is 0 Å². The van der Waals surface area contributed by atoms with E-state index in [-0.39, 0.29) is 18.9 Å². The topological polar surface area (TPSA) is 0 Å². The standard InChI is InChI=1S/C21H21Si.Li/c1-2-18-22(19-12-6-3-7-13-19,20-14-8-4-9-15-20)21-16-10-5-11-17-21;/h3-17H,1-2,18H2;/q-1;+1. The van der Waals surface area contributed by atoms with Crippen LogP contribution >= 0.6 is 0 Å². The van der Waals surface area contributed by atoms with E-state index in [1.807, 2.05) is 0 Å². The van der Waals surface area contributed by atoms with Crippen molar-refractivity contribution in [2.75, 3.05) is 0 Å². The smallest absolute Gasteiger partial charge is 0.344 e. The van der Waals surface area contributed by atoms with Gasteiger partial charge in [0.25, 0.3) is 0 Å². The van der Waals surface area contributed by atoms with Crippen molar-refractivity contribution in [2.45, 2.75) is 12.5 Å². The maximum Gasteiger partial charge on any atom is 1.00 e. The van der Waals surface area contributed by atoms with E-state index in [0.29, 0.717) is 0 Å². The summed E-state index contributed by atoms with van der Waals surface area (Å²) in [4.78, 5) is 0. The summed E-state index contributed by atoms with van der Waals surface area (Å²) in [6, 6.07) is 34.1. The van der Waals surface area contributed by atoms with Gasteiger partial charge in [-0.15, -0.1) is 0 Å². The molecule has 0 unspecified atom stereocenters. The summed E-state index contributed by atoms with van der Waals surface area (Å²) in [6.45, 7) is 4.18. The Morgan fingerprint density at radius 1 is 0.565 bits per heavy atom. The van der Waals surface area contributed by atoms with Gasteiger partial charge in [-0.1, -0.05) is 97.0 Å². The minimum atomic E-state index is -1.99. The molecule has 3 aromatic rings. The van der Waals surface area contributed by atoms with Gasteiger partial charge in [-0.3, -0.25) is 0 Å². The third-order valence-electron chi connectivity index (χ3n) is 4.35. The van der Waals surface area contributed by atoms with Crippen molar-refractivity contribution < 1.29 is 18.9 Å². The molecule has 0 spiro atoms. The first-order valence-electron chi connectivity index (χ1n) is 7.84. The SMILES string of the molecule is [CH2-]CC[Si](c1ccccc1)(c1ccccc1)c1ccccc1.[Li+]. The molecule has 0 saturated heterocycles. The van der Waals surface area contributed by atoms with Crippen molar-refractivity contribution in [1.29, 1.82) is 0 Å². The molecule has 0 fully saturated rings. The summed E-state index contributed by atoms with van der Waals surface area (Å²) in [5.41, 5.74) is 0. The molecule has 0 aliphatic carbocycles. The fraction of sp³-hybridized carbons (Fsp3) is 0.0952. The van der Waals surface area contributed by atoms with Crippen LogP contribution in [-0.2, 0) is 0 Å². The normalized spacial score (nSPS) is 10.8. The van der Waals surface area contributed by atoms with E-state index >= 15 is 0 Å². The van der Waals surface area contributed by atoms with Crippen LogP contribution in [0.3, 0.4) is 0 Å². The van der Waals surface area contributed by atoms with Crippen molar-refractivity contribution in [3.05, 3.63) is 97.9 Å². The van der Waals surface area contributed by atoms with Crippen molar-refractivity contribution >= 4 is 23.6 Å². The van der Waals surface area contributed by atoms with E-state index in [1.54, 1.807) is 0 Å². The number of rotatable bonds is 5. The van der Waals surface area contributed by atoms with Crippen LogP contribution in [0.1, 0.15) is 6.42 Å².